The molecule has 0 aromatic rings. The molecule has 0 aliphatic carbocycles. The van der Waals surface area contributed by atoms with Gasteiger partial charge in [-0.25, -0.2) is 0 Å². The van der Waals surface area contributed by atoms with E-state index in [2.05, 4.69) is 51.8 Å². The van der Waals surface area contributed by atoms with Crippen molar-refractivity contribution in [3.63, 3.8) is 0 Å². The van der Waals surface area contributed by atoms with E-state index in [1.165, 1.54) is 19.5 Å². The van der Waals surface area contributed by atoms with Crippen LogP contribution in [-0.4, -0.2) is 36.6 Å². The first-order valence-electron chi connectivity index (χ1n) is 6.41. The van der Waals surface area contributed by atoms with Gasteiger partial charge in [0.15, 0.2) is 0 Å². The van der Waals surface area contributed by atoms with E-state index in [1.807, 2.05) is 0 Å². The second-order valence-corrected chi connectivity index (χ2v) is 5.44. The van der Waals surface area contributed by atoms with Crippen molar-refractivity contribution in [1.82, 2.24) is 10.2 Å². The molecule has 1 N–H and O–H groups in total. The second-order valence-electron chi connectivity index (χ2n) is 5.44. The summed E-state index contributed by atoms with van der Waals surface area (Å²) in [5.41, 5.74) is 0. The molecule has 0 aliphatic heterocycles. The molecule has 0 saturated carbocycles. The molecule has 0 radical (unpaired) electrons. The highest BCUT2D eigenvalue weighted by atomic mass is 15.1. The Kier molecular flexibility index (Phi) is 8.07. The van der Waals surface area contributed by atoms with E-state index >= 15 is 0 Å². The van der Waals surface area contributed by atoms with Crippen molar-refractivity contribution in [1.29, 1.82) is 0 Å². The molecule has 0 rings (SSSR count). The molecule has 0 aromatic carbocycles. The largest absolute Gasteiger partial charge is 0.314 e. The summed E-state index contributed by atoms with van der Waals surface area (Å²) in [6.45, 7) is 17.1. The van der Waals surface area contributed by atoms with Gasteiger partial charge in [0, 0.05) is 18.6 Å². The summed E-state index contributed by atoms with van der Waals surface area (Å²) in [5, 5.41) is 3.47. The summed E-state index contributed by atoms with van der Waals surface area (Å²) in [6.07, 6.45) is 1.25. The van der Waals surface area contributed by atoms with Crippen LogP contribution in [0.15, 0.2) is 0 Å². The zero-order chi connectivity index (χ0) is 11.8. The lowest BCUT2D eigenvalue weighted by atomic mass is 10.1. The Labute approximate surface area is 96.4 Å². The van der Waals surface area contributed by atoms with Crippen molar-refractivity contribution in [2.75, 3.05) is 19.6 Å². The molecule has 0 saturated heterocycles. The molecule has 92 valence electrons. The van der Waals surface area contributed by atoms with Crippen LogP contribution in [0.4, 0.5) is 0 Å². The van der Waals surface area contributed by atoms with Crippen molar-refractivity contribution in [2.24, 2.45) is 5.92 Å². The first-order chi connectivity index (χ1) is 6.93. The molecule has 0 bridgehead atoms. The van der Waals surface area contributed by atoms with Gasteiger partial charge in [-0.2, -0.15) is 0 Å². The number of nitrogens with zero attached hydrogens (tertiary/aromatic N) is 1. The molecular formula is C13H30N2. The van der Waals surface area contributed by atoms with Crippen LogP contribution >= 0.6 is 0 Å². The number of nitrogens with one attached hydrogen (secondary N) is 1. The lowest BCUT2D eigenvalue weighted by molar-refractivity contribution is 0.194. The third kappa shape index (κ3) is 8.88. The lowest BCUT2D eigenvalue weighted by Gasteiger charge is -2.28. The molecule has 0 amide bonds. The third-order valence-corrected chi connectivity index (χ3v) is 2.50. The van der Waals surface area contributed by atoms with Gasteiger partial charge in [0.05, 0.1) is 0 Å². The van der Waals surface area contributed by atoms with Crippen LogP contribution in [0.25, 0.3) is 0 Å². The van der Waals surface area contributed by atoms with Crippen LogP contribution < -0.4 is 5.32 Å². The standard InChI is InChI=1S/C13H30N2/c1-11(2)10-15(13(5)6)9-7-8-14-12(3)4/h11-14H,7-10H2,1-6H3. The second kappa shape index (κ2) is 8.12. The highest BCUT2D eigenvalue weighted by Crippen LogP contribution is 2.04. The maximum atomic E-state index is 3.47. The van der Waals surface area contributed by atoms with Crippen LogP contribution in [0, 0.1) is 5.92 Å². The average molecular weight is 214 g/mol. The first kappa shape index (κ1) is 14.9. The van der Waals surface area contributed by atoms with Crippen molar-refractivity contribution < 1.29 is 0 Å². The molecular weight excluding hydrogens is 184 g/mol. The van der Waals surface area contributed by atoms with Crippen molar-refractivity contribution in [3.8, 4) is 0 Å². The normalized spacial score (nSPS) is 12.4. The van der Waals surface area contributed by atoms with E-state index in [0.717, 1.165) is 12.5 Å². The summed E-state index contributed by atoms with van der Waals surface area (Å²) in [6, 6.07) is 1.29. The summed E-state index contributed by atoms with van der Waals surface area (Å²) in [4.78, 5) is 2.58. The van der Waals surface area contributed by atoms with Crippen molar-refractivity contribution in [2.45, 2.75) is 60.0 Å². The van der Waals surface area contributed by atoms with E-state index in [1.54, 1.807) is 0 Å². The molecule has 0 fully saturated rings. The molecule has 0 aliphatic rings. The summed E-state index contributed by atoms with van der Waals surface area (Å²) in [5.74, 6) is 0.769. The lowest BCUT2D eigenvalue weighted by Crippen LogP contribution is -2.36. The quantitative estimate of drug-likeness (QED) is 0.625. The molecule has 2 nitrogen and oxygen atoms in total. The Morgan fingerprint density at radius 3 is 2.00 bits per heavy atom. The predicted octanol–water partition coefficient (Wildman–Crippen LogP) is 2.74. The number of hydrogen-bond donors (Lipinski definition) is 1. The van der Waals surface area contributed by atoms with Crippen LogP contribution in [-0.2, 0) is 0 Å². The average Bonchev–Trinajstić information content (AvgIpc) is 2.08. The summed E-state index contributed by atoms with van der Waals surface area (Å²) < 4.78 is 0. The zero-order valence-corrected chi connectivity index (χ0v) is 11.5. The fraction of sp³-hybridized carbons (Fsp3) is 1.00. The molecule has 0 atom stereocenters. The van der Waals surface area contributed by atoms with Gasteiger partial charge in [0.2, 0.25) is 0 Å². The van der Waals surface area contributed by atoms with E-state index in [-0.39, 0.29) is 0 Å². The SMILES string of the molecule is CC(C)CN(CCCNC(C)C)C(C)C. The van der Waals surface area contributed by atoms with Crippen LogP contribution in [0.5, 0.6) is 0 Å². The minimum Gasteiger partial charge on any atom is -0.314 e. The molecule has 0 heterocycles. The van der Waals surface area contributed by atoms with Crippen molar-refractivity contribution >= 4 is 0 Å². The van der Waals surface area contributed by atoms with Gasteiger partial charge < -0.3 is 10.2 Å². The van der Waals surface area contributed by atoms with Gasteiger partial charge in [0.25, 0.3) is 0 Å². The molecule has 15 heavy (non-hydrogen) atoms. The fourth-order valence-corrected chi connectivity index (χ4v) is 1.70. The Balaban J connectivity index is 3.67. The highest BCUT2D eigenvalue weighted by molar-refractivity contribution is 4.65. The number of hydrogen-bond acceptors (Lipinski definition) is 2. The Morgan fingerprint density at radius 2 is 1.60 bits per heavy atom. The highest BCUT2D eigenvalue weighted by Gasteiger charge is 2.10. The van der Waals surface area contributed by atoms with Gasteiger partial charge in [-0.1, -0.05) is 27.7 Å². The van der Waals surface area contributed by atoms with Crippen LogP contribution in [0.1, 0.15) is 48.0 Å². The monoisotopic (exact) mass is 214 g/mol. The first-order valence-corrected chi connectivity index (χ1v) is 6.41. The maximum absolute atomic E-state index is 3.47. The fourth-order valence-electron chi connectivity index (χ4n) is 1.70. The smallest absolute Gasteiger partial charge is 0.00387 e. The van der Waals surface area contributed by atoms with Crippen molar-refractivity contribution in [3.05, 3.63) is 0 Å². The van der Waals surface area contributed by atoms with E-state index in [9.17, 15) is 0 Å². The Bertz CT molecular complexity index is 141. The maximum Gasteiger partial charge on any atom is 0.00387 e. The zero-order valence-electron chi connectivity index (χ0n) is 11.5. The Hall–Kier alpha value is -0.0800. The van der Waals surface area contributed by atoms with Gasteiger partial charge in [0.1, 0.15) is 0 Å². The Morgan fingerprint density at radius 1 is 1.00 bits per heavy atom. The topological polar surface area (TPSA) is 15.3 Å². The van der Waals surface area contributed by atoms with Gasteiger partial charge in [-0.15, -0.1) is 0 Å². The van der Waals surface area contributed by atoms with Gasteiger partial charge in [-0.05, 0) is 39.3 Å². The van der Waals surface area contributed by atoms with E-state index < -0.39 is 0 Å². The van der Waals surface area contributed by atoms with Crippen LogP contribution in [0.3, 0.4) is 0 Å². The minimum atomic E-state index is 0.614. The van der Waals surface area contributed by atoms with E-state index in [4.69, 9.17) is 0 Å². The summed E-state index contributed by atoms with van der Waals surface area (Å²) >= 11 is 0. The molecule has 0 unspecified atom stereocenters. The molecule has 0 aromatic heterocycles. The summed E-state index contributed by atoms with van der Waals surface area (Å²) in [7, 11) is 0. The minimum absolute atomic E-state index is 0.614. The molecule has 2 heteroatoms. The van der Waals surface area contributed by atoms with Crippen LogP contribution in [0.2, 0.25) is 0 Å². The third-order valence-electron chi connectivity index (χ3n) is 2.50. The predicted molar refractivity (Wildman–Crippen MR) is 69.3 cm³/mol. The van der Waals surface area contributed by atoms with Gasteiger partial charge in [-0.3, -0.25) is 0 Å². The van der Waals surface area contributed by atoms with E-state index in [0.29, 0.717) is 12.1 Å². The van der Waals surface area contributed by atoms with Gasteiger partial charge >= 0.3 is 0 Å². The molecule has 0 spiro atoms. The number of rotatable bonds is 8.